The third kappa shape index (κ3) is 2.74. The molecule has 0 radical (unpaired) electrons. The summed E-state index contributed by atoms with van der Waals surface area (Å²) in [5.74, 6) is -0.486. The lowest BCUT2D eigenvalue weighted by Crippen LogP contribution is -2.45. The number of methoxy groups -OCH3 is 1. The molecule has 0 fully saturated rings. The van der Waals surface area contributed by atoms with Crippen LogP contribution in [-0.2, 0) is 14.1 Å². The fraction of sp³-hybridized carbons (Fsp3) is 0.875. The molecular formula is C8H16NO4P. The molecule has 6 heteroatoms. The molecule has 0 aromatic heterocycles. The largest absolute Gasteiger partial charge is 0.595 e. The third-order valence-electron chi connectivity index (χ3n) is 2.32. The Morgan fingerprint density at radius 2 is 2.00 bits per heavy atom. The first kappa shape index (κ1) is 13.5. The van der Waals surface area contributed by atoms with E-state index in [1.54, 1.807) is 13.8 Å². The number of carbonyl (C=O) groups is 1. The molecular weight excluding hydrogens is 205 g/mol. The quantitative estimate of drug-likeness (QED) is 0.519. The van der Waals surface area contributed by atoms with Crippen molar-refractivity contribution in [3.05, 3.63) is 0 Å². The number of rotatable bonds is 6. The van der Waals surface area contributed by atoms with Crippen LogP contribution in [0.25, 0.3) is 0 Å². The molecule has 0 rings (SSSR count). The van der Waals surface area contributed by atoms with Crippen molar-refractivity contribution in [1.82, 2.24) is 5.32 Å². The van der Waals surface area contributed by atoms with Crippen LogP contribution in [0.5, 0.6) is 0 Å². The molecule has 0 aliphatic heterocycles. The summed E-state index contributed by atoms with van der Waals surface area (Å²) in [6, 6.07) is 0. The van der Waals surface area contributed by atoms with E-state index in [2.05, 4.69) is 10.1 Å². The Morgan fingerprint density at radius 3 is 2.29 bits per heavy atom. The van der Waals surface area contributed by atoms with Crippen LogP contribution >= 0.6 is 8.03 Å². The molecule has 0 aliphatic rings. The molecule has 1 unspecified atom stereocenters. The first-order chi connectivity index (χ1) is 6.55. The molecule has 82 valence electrons. The summed E-state index contributed by atoms with van der Waals surface area (Å²) in [4.78, 5) is 22.6. The molecule has 1 atom stereocenters. The second kappa shape index (κ2) is 6.06. The third-order valence-corrected chi connectivity index (χ3v) is 3.85. The summed E-state index contributed by atoms with van der Waals surface area (Å²) in [5, 5.41) is 1.13. The van der Waals surface area contributed by atoms with Gasteiger partial charge in [0.25, 0.3) is 5.91 Å². The van der Waals surface area contributed by atoms with Crippen molar-refractivity contribution in [2.24, 2.45) is 0 Å². The summed E-state index contributed by atoms with van der Waals surface area (Å²) in [5.41, 5.74) is 0. The Morgan fingerprint density at radius 1 is 1.50 bits per heavy atom. The van der Waals surface area contributed by atoms with E-state index in [-0.39, 0.29) is 19.6 Å². The number of ether oxygens (including phenoxy) is 1. The fourth-order valence-electron chi connectivity index (χ4n) is 1.21. The SMILES string of the molecule is CCC(CC)(C(=O)NCOC)[P+](=O)[O-]. The summed E-state index contributed by atoms with van der Waals surface area (Å²) < 4.78 is 15.7. The number of nitrogens with one attached hydrogen (secondary N) is 1. The minimum Gasteiger partial charge on any atom is -0.595 e. The number of carbonyl (C=O) groups excluding carboxylic acids is 1. The van der Waals surface area contributed by atoms with Crippen LogP contribution in [0.3, 0.4) is 0 Å². The van der Waals surface area contributed by atoms with Gasteiger partial charge in [0.1, 0.15) is 6.73 Å². The average Bonchev–Trinajstić information content (AvgIpc) is 2.17. The van der Waals surface area contributed by atoms with Crippen LogP contribution in [0, 0.1) is 0 Å². The van der Waals surface area contributed by atoms with E-state index in [1.807, 2.05) is 0 Å². The first-order valence-electron chi connectivity index (χ1n) is 4.46. The van der Waals surface area contributed by atoms with Gasteiger partial charge in [-0.1, -0.05) is 18.4 Å². The second-order valence-corrected chi connectivity index (χ2v) is 4.30. The van der Waals surface area contributed by atoms with Gasteiger partial charge in [-0.05, 0) is 0 Å². The molecule has 0 aromatic carbocycles. The fourth-order valence-corrected chi connectivity index (χ4v) is 1.98. The van der Waals surface area contributed by atoms with Gasteiger partial charge in [-0.25, -0.2) is 0 Å². The lowest BCUT2D eigenvalue weighted by Gasteiger charge is -2.20. The molecule has 1 amide bonds. The van der Waals surface area contributed by atoms with Gasteiger partial charge in [0, 0.05) is 20.0 Å². The molecule has 0 saturated carbocycles. The highest BCUT2D eigenvalue weighted by atomic mass is 31.1. The lowest BCUT2D eigenvalue weighted by atomic mass is 10.0. The Balaban J connectivity index is 4.63. The normalized spacial score (nSPS) is 12.4. The van der Waals surface area contributed by atoms with Crippen LogP contribution in [0.4, 0.5) is 0 Å². The predicted molar refractivity (Wildman–Crippen MR) is 50.9 cm³/mol. The van der Waals surface area contributed by atoms with Gasteiger partial charge in [0.2, 0.25) is 5.16 Å². The molecule has 5 nitrogen and oxygen atoms in total. The van der Waals surface area contributed by atoms with E-state index < -0.39 is 19.1 Å². The van der Waals surface area contributed by atoms with Gasteiger partial charge >= 0.3 is 8.03 Å². The molecule has 0 saturated heterocycles. The maximum atomic E-state index is 11.6. The zero-order valence-corrected chi connectivity index (χ0v) is 9.60. The maximum absolute atomic E-state index is 11.6. The van der Waals surface area contributed by atoms with Gasteiger partial charge in [0.15, 0.2) is 0 Å². The molecule has 0 aliphatic carbocycles. The van der Waals surface area contributed by atoms with Crippen molar-refractivity contribution in [3.63, 3.8) is 0 Å². The van der Waals surface area contributed by atoms with Gasteiger partial charge < -0.3 is 14.9 Å². The minimum absolute atomic E-state index is 0.0315. The van der Waals surface area contributed by atoms with Gasteiger partial charge in [-0.3, -0.25) is 4.79 Å². The second-order valence-electron chi connectivity index (χ2n) is 2.93. The predicted octanol–water partition coefficient (Wildman–Crippen LogP) is 0.368. The number of hydrogen-bond acceptors (Lipinski definition) is 4. The molecule has 0 bridgehead atoms. The first-order valence-corrected chi connectivity index (χ1v) is 5.64. The van der Waals surface area contributed by atoms with E-state index >= 15 is 0 Å². The van der Waals surface area contributed by atoms with Crippen molar-refractivity contribution in [3.8, 4) is 0 Å². The Hall–Kier alpha value is -0.510. The van der Waals surface area contributed by atoms with Crippen LogP contribution in [0.2, 0.25) is 0 Å². The number of hydrogen-bond donors (Lipinski definition) is 1. The smallest absolute Gasteiger partial charge is 0.325 e. The van der Waals surface area contributed by atoms with Gasteiger partial charge in [0.05, 0.1) is 0 Å². The highest BCUT2D eigenvalue weighted by Gasteiger charge is 2.47. The van der Waals surface area contributed by atoms with Crippen molar-refractivity contribution in [2.45, 2.75) is 31.8 Å². The molecule has 14 heavy (non-hydrogen) atoms. The summed E-state index contributed by atoms with van der Waals surface area (Å²) in [6.07, 6.45) is 0.551. The monoisotopic (exact) mass is 221 g/mol. The number of amides is 1. The van der Waals surface area contributed by atoms with Crippen molar-refractivity contribution >= 4 is 13.9 Å². The van der Waals surface area contributed by atoms with Crippen molar-refractivity contribution in [1.29, 1.82) is 0 Å². The zero-order chi connectivity index (χ0) is 11.2. The van der Waals surface area contributed by atoms with E-state index in [1.165, 1.54) is 7.11 Å². The summed E-state index contributed by atoms with van der Waals surface area (Å²) in [7, 11) is -1.34. The van der Waals surface area contributed by atoms with Crippen LogP contribution < -0.4 is 10.2 Å². The van der Waals surface area contributed by atoms with Crippen LogP contribution in [0.15, 0.2) is 0 Å². The highest BCUT2D eigenvalue weighted by molar-refractivity contribution is 7.40. The van der Waals surface area contributed by atoms with E-state index in [0.29, 0.717) is 0 Å². The standard InChI is InChI=1S/C8H16NO4P/c1-4-8(5-2,14(11)12)7(10)9-6-13-3/h4-6H2,1-3H3,(H,9,10). The Labute approximate surface area is 84.7 Å². The molecule has 1 N–H and O–H groups in total. The Bertz CT molecular complexity index is 215. The summed E-state index contributed by atoms with van der Waals surface area (Å²) >= 11 is 0. The van der Waals surface area contributed by atoms with E-state index in [0.717, 1.165) is 0 Å². The highest BCUT2D eigenvalue weighted by Crippen LogP contribution is 2.38. The van der Waals surface area contributed by atoms with Gasteiger partial charge in [-0.15, -0.1) is 0 Å². The molecule has 0 aromatic rings. The summed E-state index contributed by atoms with van der Waals surface area (Å²) in [6.45, 7) is 3.39. The Kier molecular flexibility index (Phi) is 5.84. The maximum Gasteiger partial charge on any atom is 0.325 e. The van der Waals surface area contributed by atoms with E-state index in [4.69, 9.17) is 0 Å². The van der Waals surface area contributed by atoms with Crippen LogP contribution in [0.1, 0.15) is 26.7 Å². The molecule has 0 heterocycles. The van der Waals surface area contributed by atoms with E-state index in [9.17, 15) is 14.3 Å². The minimum atomic E-state index is -2.77. The van der Waals surface area contributed by atoms with Crippen molar-refractivity contribution in [2.75, 3.05) is 13.8 Å². The lowest BCUT2D eigenvalue weighted by molar-refractivity contribution is -0.171. The zero-order valence-electron chi connectivity index (χ0n) is 8.70. The molecule has 0 spiro atoms. The topological polar surface area (TPSA) is 78.5 Å². The average molecular weight is 221 g/mol. The van der Waals surface area contributed by atoms with Crippen LogP contribution in [-0.4, -0.2) is 24.9 Å². The van der Waals surface area contributed by atoms with Gasteiger partial charge in [-0.2, -0.15) is 0 Å². The van der Waals surface area contributed by atoms with Crippen molar-refractivity contribution < 1.29 is 19.0 Å².